The second kappa shape index (κ2) is 6.50. The van der Waals surface area contributed by atoms with Crippen LogP contribution in [-0.4, -0.2) is 46.7 Å². The number of nitriles is 1. The summed E-state index contributed by atoms with van der Waals surface area (Å²) < 4.78 is 8.00. The third kappa shape index (κ3) is 3.06. The summed E-state index contributed by atoms with van der Waals surface area (Å²) in [6.07, 6.45) is 3.61. The first-order chi connectivity index (χ1) is 12.6. The zero-order valence-electron chi connectivity index (χ0n) is 14.8. The number of ether oxygens (including phenoxy) is 1. The zero-order chi connectivity index (χ0) is 18.1. The third-order valence-electron chi connectivity index (χ3n) is 5.34. The summed E-state index contributed by atoms with van der Waals surface area (Å²) in [5.74, 6) is 0.0658. The van der Waals surface area contributed by atoms with Crippen molar-refractivity contribution in [2.45, 2.75) is 24.5 Å². The fraction of sp³-hybridized carbons (Fsp3) is 0.400. The maximum absolute atomic E-state index is 12.7. The van der Waals surface area contributed by atoms with Crippen LogP contribution < -0.4 is 5.32 Å². The van der Waals surface area contributed by atoms with Gasteiger partial charge in [0.05, 0.1) is 36.4 Å². The van der Waals surface area contributed by atoms with E-state index in [2.05, 4.69) is 11.4 Å². The highest BCUT2D eigenvalue weighted by Gasteiger charge is 2.47. The van der Waals surface area contributed by atoms with Gasteiger partial charge in [0.25, 0.3) is 5.91 Å². The van der Waals surface area contributed by atoms with Gasteiger partial charge < -0.3 is 19.5 Å². The minimum absolute atomic E-state index is 0.0658. The van der Waals surface area contributed by atoms with Crippen LogP contribution in [0.4, 0.5) is 5.69 Å². The molecular formula is C20H22N4O2. The maximum Gasteiger partial charge on any atom is 0.270 e. The molecule has 134 valence electrons. The first kappa shape index (κ1) is 16.7. The lowest BCUT2D eigenvalue weighted by atomic mass is 9.97. The number of amides is 1. The van der Waals surface area contributed by atoms with Crippen LogP contribution in [0.5, 0.6) is 0 Å². The highest BCUT2D eigenvalue weighted by atomic mass is 16.5. The highest BCUT2D eigenvalue weighted by Crippen LogP contribution is 2.36. The predicted octanol–water partition coefficient (Wildman–Crippen LogP) is 2.38. The molecule has 0 bridgehead atoms. The number of nitrogens with zero attached hydrogens (tertiary/aromatic N) is 3. The number of likely N-dealkylation sites (tertiary alicyclic amines) is 1. The van der Waals surface area contributed by atoms with Gasteiger partial charge in [0.1, 0.15) is 5.69 Å². The van der Waals surface area contributed by atoms with Gasteiger partial charge in [-0.1, -0.05) is 6.07 Å². The van der Waals surface area contributed by atoms with Crippen LogP contribution >= 0.6 is 0 Å². The Labute approximate surface area is 153 Å². The predicted molar refractivity (Wildman–Crippen MR) is 97.8 cm³/mol. The molecular weight excluding hydrogens is 328 g/mol. The minimum atomic E-state index is -0.259. The molecule has 0 radical (unpaired) electrons. The summed E-state index contributed by atoms with van der Waals surface area (Å²) >= 11 is 0. The van der Waals surface area contributed by atoms with Crippen molar-refractivity contribution in [1.29, 1.82) is 5.26 Å². The number of anilines is 1. The smallest absolute Gasteiger partial charge is 0.270 e. The van der Waals surface area contributed by atoms with E-state index in [4.69, 9.17) is 10.00 Å². The average Bonchev–Trinajstić information content (AvgIpc) is 3.36. The number of carbonyl (C=O) groups is 1. The van der Waals surface area contributed by atoms with E-state index in [-0.39, 0.29) is 17.6 Å². The van der Waals surface area contributed by atoms with E-state index in [1.54, 1.807) is 6.07 Å². The molecule has 6 nitrogen and oxygen atoms in total. The average molecular weight is 350 g/mol. The molecule has 2 aromatic rings. The Morgan fingerprint density at radius 1 is 1.38 bits per heavy atom. The molecule has 2 fully saturated rings. The summed E-state index contributed by atoms with van der Waals surface area (Å²) in [6, 6.07) is 13.6. The fourth-order valence-corrected chi connectivity index (χ4v) is 4.00. The molecule has 3 heterocycles. The molecule has 4 rings (SSSR count). The van der Waals surface area contributed by atoms with Gasteiger partial charge in [0.2, 0.25) is 0 Å². The number of benzene rings is 1. The van der Waals surface area contributed by atoms with Crippen molar-refractivity contribution in [1.82, 2.24) is 9.47 Å². The molecule has 1 amide bonds. The summed E-state index contributed by atoms with van der Waals surface area (Å²) in [7, 11) is 1.89. The topological polar surface area (TPSA) is 70.3 Å². The Balaban J connectivity index is 1.40. The van der Waals surface area contributed by atoms with Crippen LogP contribution in [0, 0.1) is 11.3 Å². The van der Waals surface area contributed by atoms with Crippen molar-refractivity contribution < 1.29 is 9.53 Å². The number of aromatic nitrogens is 1. The maximum atomic E-state index is 12.7. The molecule has 0 saturated carbocycles. The van der Waals surface area contributed by atoms with E-state index in [0.717, 1.165) is 25.1 Å². The van der Waals surface area contributed by atoms with Crippen molar-refractivity contribution in [3.63, 3.8) is 0 Å². The Kier molecular flexibility index (Phi) is 4.17. The van der Waals surface area contributed by atoms with E-state index in [0.29, 0.717) is 24.4 Å². The molecule has 2 saturated heterocycles. The molecule has 6 heteroatoms. The van der Waals surface area contributed by atoms with Gasteiger partial charge in [0, 0.05) is 31.9 Å². The summed E-state index contributed by atoms with van der Waals surface area (Å²) in [5.41, 5.74) is 2.03. The summed E-state index contributed by atoms with van der Waals surface area (Å²) in [4.78, 5) is 14.6. The van der Waals surface area contributed by atoms with E-state index in [9.17, 15) is 4.79 Å². The van der Waals surface area contributed by atoms with Crippen molar-refractivity contribution in [2.24, 2.45) is 7.05 Å². The number of hydrogen-bond acceptors (Lipinski definition) is 4. The monoisotopic (exact) mass is 350 g/mol. The molecule has 0 aliphatic carbocycles. The van der Waals surface area contributed by atoms with Gasteiger partial charge in [-0.3, -0.25) is 4.79 Å². The molecule has 1 N–H and O–H groups in total. The van der Waals surface area contributed by atoms with Gasteiger partial charge in [-0.2, -0.15) is 5.26 Å². The SMILES string of the molecule is Cn1cccc1C(=O)N1CC[C@@]2(C[C@H](Nc3cccc(C#N)c3)CO2)C1. The standard InChI is InChI=1S/C20H22N4O2/c1-23-8-3-6-18(23)19(25)24-9-7-20(14-24)11-17(13-26-20)22-16-5-2-4-15(10-16)12-21/h2-6,8,10,17,22H,7,9,11,13-14H2,1H3/t17-,20+/m0/s1. The van der Waals surface area contributed by atoms with Crippen molar-refractivity contribution in [3.05, 3.63) is 53.9 Å². The second-order valence-corrected chi connectivity index (χ2v) is 7.21. The normalized spacial score (nSPS) is 24.8. The van der Waals surface area contributed by atoms with E-state index in [1.807, 2.05) is 53.0 Å². The van der Waals surface area contributed by atoms with E-state index in [1.165, 1.54) is 0 Å². The van der Waals surface area contributed by atoms with Crippen LogP contribution in [0.15, 0.2) is 42.6 Å². The number of carbonyl (C=O) groups excluding carboxylic acids is 1. The Bertz CT molecular complexity index is 869. The Hall–Kier alpha value is -2.78. The highest BCUT2D eigenvalue weighted by molar-refractivity contribution is 5.93. The molecule has 2 aliphatic heterocycles. The molecule has 2 aliphatic rings. The van der Waals surface area contributed by atoms with Gasteiger partial charge in [-0.25, -0.2) is 0 Å². The molecule has 26 heavy (non-hydrogen) atoms. The fourth-order valence-electron chi connectivity index (χ4n) is 4.00. The molecule has 0 unspecified atom stereocenters. The number of rotatable bonds is 3. The van der Waals surface area contributed by atoms with Crippen molar-refractivity contribution >= 4 is 11.6 Å². The Morgan fingerprint density at radius 3 is 3.04 bits per heavy atom. The van der Waals surface area contributed by atoms with Crippen molar-refractivity contribution in [3.8, 4) is 6.07 Å². The lowest BCUT2D eigenvalue weighted by Crippen LogP contribution is -2.36. The lowest BCUT2D eigenvalue weighted by molar-refractivity contribution is 0.0124. The van der Waals surface area contributed by atoms with Gasteiger partial charge >= 0.3 is 0 Å². The number of hydrogen-bond donors (Lipinski definition) is 1. The molecule has 1 aromatic carbocycles. The van der Waals surface area contributed by atoms with Crippen molar-refractivity contribution in [2.75, 3.05) is 25.0 Å². The molecule has 1 aromatic heterocycles. The third-order valence-corrected chi connectivity index (χ3v) is 5.34. The Morgan fingerprint density at radius 2 is 2.27 bits per heavy atom. The van der Waals surface area contributed by atoms with E-state index < -0.39 is 0 Å². The molecule has 1 spiro atoms. The van der Waals surface area contributed by atoms with Crippen LogP contribution in [0.1, 0.15) is 28.9 Å². The van der Waals surface area contributed by atoms with Crippen LogP contribution in [0.25, 0.3) is 0 Å². The lowest BCUT2D eigenvalue weighted by Gasteiger charge is -2.23. The quantitative estimate of drug-likeness (QED) is 0.923. The van der Waals surface area contributed by atoms with Gasteiger partial charge in [0.15, 0.2) is 0 Å². The van der Waals surface area contributed by atoms with Crippen LogP contribution in [-0.2, 0) is 11.8 Å². The van der Waals surface area contributed by atoms with Gasteiger partial charge in [-0.15, -0.1) is 0 Å². The minimum Gasteiger partial charge on any atom is -0.380 e. The van der Waals surface area contributed by atoms with E-state index >= 15 is 0 Å². The summed E-state index contributed by atoms with van der Waals surface area (Å²) in [5, 5.41) is 12.5. The first-order valence-corrected chi connectivity index (χ1v) is 8.90. The van der Waals surface area contributed by atoms with Crippen LogP contribution in [0.2, 0.25) is 0 Å². The van der Waals surface area contributed by atoms with Gasteiger partial charge in [-0.05, 0) is 36.8 Å². The van der Waals surface area contributed by atoms with Crippen LogP contribution in [0.3, 0.4) is 0 Å². The second-order valence-electron chi connectivity index (χ2n) is 7.21. The molecule has 2 atom stereocenters. The first-order valence-electron chi connectivity index (χ1n) is 8.90. The summed E-state index contributed by atoms with van der Waals surface area (Å²) in [6.45, 7) is 1.97. The number of aryl methyl sites for hydroxylation is 1. The zero-order valence-corrected chi connectivity index (χ0v) is 14.8. The number of nitrogens with one attached hydrogen (secondary N) is 1. The largest absolute Gasteiger partial charge is 0.380 e.